The third-order valence-electron chi connectivity index (χ3n) is 4.59. The molecule has 1 amide bonds. The molecule has 1 aliphatic rings. The quantitative estimate of drug-likeness (QED) is 0.823. The first kappa shape index (κ1) is 17.3. The monoisotopic (exact) mass is 339 g/mol. The number of likely N-dealkylation sites (tertiary alicyclic amines) is 1. The van der Waals surface area contributed by atoms with Crippen molar-refractivity contribution in [2.24, 2.45) is 5.92 Å². The summed E-state index contributed by atoms with van der Waals surface area (Å²) in [6, 6.07) is 10.4. The number of nitrogens with one attached hydrogen (secondary N) is 1. The van der Waals surface area contributed by atoms with Crippen LogP contribution < -0.4 is 5.32 Å². The number of hydrogen-bond acceptors (Lipinski definition) is 3. The number of pyridine rings is 1. The van der Waals surface area contributed by atoms with Crippen LogP contribution in [0.25, 0.3) is 6.08 Å². The average Bonchev–Trinajstić information content (AvgIpc) is 2.91. The van der Waals surface area contributed by atoms with Crippen molar-refractivity contribution in [1.82, 2.24) is 15.2 Å². The number of benzene rings is 1. The molecule has 25 heavy (non-hydrogen) atoms. The van der Waals surface area contributed by atoms with Gasteiger partial charge >= 0.3 is 0 Å². The van der Waals surface area contributed by atoms with Gasteiger partial charge in [-0.25, -0.2) is 4.39 Å². The molecule has 0 spiro atoms. The molecule has 0 bridgehead atoms. The van der Waals surface area contributed by atoms with Crippen LogP contribution in [0.4, 0.5) is 4.39 Å². The van der Waals surface area contributed by atoms with Crippen molar-refractivity contribution in [3.05, 3.63) is 71.8 Å². The Morgan fingerprint density at radius 3 is 2.68 bits per heavy atom. The summed E-state index contributed by atoms with van der Waals surface area (Å²) in [5, 5.41) is 3.39. The van der Waals surface area contributed by atoms with E-state index in [2.05, 4.69) is 10.3 Å². The molecule has 4 nitrogen and oxygen atoms in total. The Kier molecular flexibility index (Phi) is 5.56. The summed E-state index contributed by atoms with van der Waals surface area (Å²) in [6.45, 7) is 1.46. The fraction of sp³-hybridized carbons (Fsp3) is 0.300. The lowest BCUT2D eigenvalue weighted by atomic mass is 9.94. The smallest absolute Gasteiger partial charge is 0.223 e. The van der Waals surface area contributed by atoms with Crippen LogP contribution in [0.2, 0.25) is 0 Å². The molecule has 1 aromatic heterocycles. The lowest BCUT2D eigenvalue weighted by Crippen LogP contribution is -2.29. The Hall–Kier alpha value is -2.53. The maximum Gasteiger partial charge on any atom is 0.223 e. The van der Waals surface area contributed by atoms with Gasteiger partial charge in [0.05, 0.1) is 6.04 Å². The Morgan fingerprint density at radius 1 is 1.24 bits per heavy atom. The highest BCUT2D eigenvalue weighted by atomic mass is 19.1. The number of nitrogens with zero attached hydrogens (tertiary/aromatic N) is 2. The molecular weight excluding hydrogens is 317 g/mol. The van der Waals surface area contributed by atoms with E-state index in [1.807, 2.05) is 36.2 Å². The Morgan fingerprint density at radius 2 is 1.96 bits per heavy atom. The third-order valence-corrected chi connectivity index (χ3v) is 4.59. The van der Waals surface area contributed by atoms with Crippen molar-refractivity contribution in [2.75, 3.05) is 20.1 Å². The molecule has 3 rings (SSSR count). The van der Waals surface area contributed by atoms with Crippen molar-refractivity contribution >= 4 is 12.0 Å². The van der Waals surface area contributed by atoms with E-state index in [0.29, 0.717) is 13.0 Å². The maximum absolute atomic E-state index is 12.9. The van der Waals surface area contributed by atoms with Gasteiger partial charge in [-0.1, -0.05) is 24.3 Å². The van der Waals surface area contributed by atoms with Gasteiger partial charge in [0.25, 0.3) is 0 Å². The van der Waals surface area contributed by atoms with E-state index in [9.17, 15) is 9.18 Å². The second-order valence-electron chi connectivity index (χ2n) is 6.31. The molecule has 0 aliphatic carbocycles. The number of amides is 1. The summed E-state index contributed by atoms with van der Waals surface area (Å²) < 4.78 is 12.9. The van der Waals surface area contributed by atoms with Crippen LogP contribution >= 0.6 is 0 Å². The highest BCUT2D eigenvalue weighted by Gasteiger charge is 2.37. The molecule has 2 heterocycles. The Labute approximate surface area is 147 Å². The second kappa shape index (κ2) is 8.03. The lowest BCUT2D eigenvalue weighted by Gasteiger charge is -2.25. The standard InChI is InChI=1S/C20H22FN3O/c1-24-19(25)13-17(20(24)16-8-11-22-12-9-16)14-23-10-2-3-15-4-6-18(21)7-5-15/h2-9,11-12,17,20,23H,10,13-14H2,1H3/b3-2+/t17-,20-/m0/s1. The van der Waals surface area contributed by atoms with Gasteiger partial charge in [0.15, 0.2) is 0 Å². The zero-order valence-corrected chi connectivity index (χ0v) is 14.2. The van der Waals surface area contributed by atoms with Crippen LogP contribution in [0.15, 0.2) is 54.9 Å². The van der Waals surface area contributed by atoms with E-state index in [0.717, 1.165) is 17.7 Å². The van der Waals surface area contributed by atoms with Crippen molar-refractivity contribution in [2.45, 2.75) is 12.5 Å². The second-order valence-corrected chi connectivity index (χ2v) is 6.31. The van der Waals surface area contributed by atoms with Crippen molar-refractivity contribution < 1.29 is 9.18 Å². The molecule has 5 heteroatoms. The van der Waals surface area contributed by atoms with Gasteiger partial charge in [-0.15, -0.1) is 0 Å². The maximum atomic E-state index is 12.9. The minimum absolute atomic E-state index is 0.0871. The SMILES string of the molecule is CN1C(=O)C[C@@H](CNC/C=C/c2ccc(F)cc2)[C@@H]1c1ccncc1. The summed E-state index contributed by atoms with van der Waals surface area (Å²) in [6.07, 6.45) is 8.05. The first-order chi connectivity index (χ1) is 12.1. The fourth-order valence-corrected chi connectivity index (χ4v) is 3.31. The number of rotatable bonds is 6. The number of hydrogen-bond donors (Lipinski definition) is 1. The molecule has 2 atom stereocenters. The van der Waals surface area contributed by atoms with E-state index in [1.165, 1.54) is 12.1 Å². The topological polar surface area (TPSA) is 45.2 Å². The van der Waals surface area contributed by atoms with E-state index in [4.69, 9.17) is 0 Å². The Bertz CT molecular complexity index is 730. The summed E-state index contributed by atoms with van der Waals surface area (Å²) >= 11 is 0. The van der Waals surface area contributed by atoms with Crippen molar-refractivity contribution in [1.29, 1.82) is 0 Å². The molecule has 1 N–H and O–H groups in total. The minimum atomic E-state index is -0.229. The third kappa shape index (κ3) is 4.31. The molecule has 2 aromatic rings. The Balaban J connectivity index is 1.54. The molecule has 0 radical (unpaired) electrons. The molecular formula is C20H22FN3O. The first-order valence-electron chi connectivity index (χ1n) is 8.43. The predicted molar refractivity (Wildman–Crippen MR) is 96.2 cm³/mol. The molecule has 0 unspecified atom stereocenters. The van der Waals surface area contributed by atoms with E-state index in [-0.39, 0.29) is 23.7 Å². The molecule has 130 valence electrons. The average molecular weight is 339 g/mol. The van der Waals surface area contributed by atoms with Crippen molar-refractivity contribution in [3.8, 4) is 0 Å². The number of aromatic nitrogens is 1. The lowest BCUT2D eigenvalue weighted by molar-refractivity contribution is -0.127. The largest absolute Gasteiger partial charge is 0.338 e. The van der Waals surface area contributed by atoms with Crippen LogP contribution in [0, 0.1) is 11.7 Å². The van der Waals surface area contributed by atoms with Gasteiger partial charge in [-0.3, -0.25) is 9.78 Å². The highest BCUT2D eigenvalue weighted by Crippen LogP contribution is 2.36. The van der Waals surface area contributed by atoms with Crippen molar-refractivity contribution in [3.63, 3.8) is 0 Å². The number of carbonyl (C=O) groups excluding carboxylic acids is 1. The van der Waals surface area contributed by atoms with Gasteiger partial charge in [0, 0.05) is 44.9 Å². The summed E-state index contributed by atoms with van der Waals surface area (Å²) in [5.74, 6) is 0.182. The highest BCUT2D eigenvalue weighted by molar-refractivity contribution is 5.79. The molecule has 1 fully saturated rings. The van der Waals surface area contributed by atoms with Crippen LogP contribution in [0.3, 0.4) is 0 Å². The van der Waals surface area contributed by atoms with E-state index < -0.39 is 0 Å². The predicted octanol–water partition coefficient (Wildman–Crippen LogP) is 3.04. The van der Waals surface area contributed by atoms with Gasteiger partial charge in [0.1, 0.15) is 5.82 Å². The van der Waals surface area contributed by atoms with E-state index >= 15 is 0 Å². The first-order valence-corrected chi connectivity index (χ1v) is 8.43. The molecule has 0 saturated carbocycles. The number of halogens is 1. The zero-order chi connectivity index (χ0) is 17.6. The number of carbonyl (C=O) groups is 1. The van der Waals surface area contributed by atoms with Gasteiger partial charge in [-0.2, -0.15) is 0 Å². The summed E-state index contributed by atoms with van der Waals surface area (Å²) in [4.78, 5) is 18.0. The van der Waals surface area contributed by atoms with Gasteiger partial charge < -0.3 is 10.2 Å². The normalized spacial score (nSPS) is 20.6. The van der Waals surface area contributed by atoms with Crippen LogP contribution in [0.1, 0.15) is 23.6 Å². The van der Waals surface area contributed by atoms with E-state index in [1.54, 1.807) is 24.5 Å². The fourth-order valence-electron chi connectivity index (χ4n) is 3.31. The molecule has 1 aromatic carbocycles. The van der Waals surface area contributed by atoms with Gasteiger partial charge in [-0.05, 0) is 35.4 Å². The minimum Gasteiger partial charge on any atom is -0.338 e. The van der Waals surface area contributed by atoms with Crippen LogP contribution in [-0.2, 0) is 4.79 Å². The summed E-state index contributed by atoms with van der Waals surface area (Å²) in [5.41, 5.74) is 2.09. The molecule has 1 saturated heterocycles. The van der Waals surface area contributed by atoms with Gasteiger partial charge in [0.2, 0.25) is 5.91 Å². The summed E-state index contributed by atoms with van der Waals surface area (Å²) in [7, 11) is 1.86. The zero-order valence-electron chi connectivity index (χ0n) is 14.2. The van der Waals surface area contributed by atoms with Crippen LogP contribution in [-0.4, -0.2) is 35.9 Å². The van der Waals surface area contributed by atoms with Crippen LogP contribution in [0.5, 0.6) is 0 Å². The molecule has 1 aliphatic heterocycles.